The zero-order valence-corrected chi connectivity index (χ0v) is 20.4. The fraction of sp³-hybridized carbons (Fsp3) is 0.296. The van der Waals surface area contributed by atoms with Gasteiger partial charge >= 0.3 is 5.97 Å². The van der Waals surface area contributed by atoms with Crippen molar-refractivity contribution in [2.75, 3.05) is 31.1 Å². The minimum absolute atomic E-state index is 0.0347. The quantitative estimate of drug-likeness (QED) is 0.546. The molecule has 34 heavy (non-hydrogen) atoms. The zero-order valence-electron chi connectivity index (χ0n) is 19.6. The van der Waals surface area contributed by atoms with Gasteiger partial charge < -0.3 is 10.0 Å². The van der Waals surface area contributed by atoms with E-state index in [1.165, 1.54) is 0 Å². The maximum Gasteiger partial charge on any atom is 0.307 e. The topological polar surface area (TPSA) is 77.9 Å². The highest BCUT2D eigenvalue weighted by Gasteiger charge is 2.30. The molecule has 1 N–H and O–H groups in total. The summed E-state index contributed by atoms with van der Waals surface area (Å²) >= 11 is 0. The standard InChI is InChI=1S/C27H30N2O4S/c1-3-24-22(19-26(30)31)11-14-25(21-7-5-4-6-8-21)27(24)28-15-17-29(18-16-28)34(32,33)23-12-9-20(2)10-13-23/h4-14H,3,15-19H2,1-2H3,(H,30,31). The van der Waals surface area contributed by atoms with Gasteiger partial charge in [0.15, 0.2) is 0 Å². The van der Waals surface area contributed by atoms with Crippen LogP contribution >= 0.6 is 0 Å². The van der Waals surface area contributed by atoms with Crippen molar-refractivity contribution >= 4 is 21.7 Å². The molecule has 1 aliphatic rings. The average molecular weight is 479 g/mol. The van der Waals surface area contributed by atoms with Crippen molar-refractivity contribution in [2.24, 2.45) is 0 Å². The van der Waals surface area contributed by atoms with Crippen LogP contribution in [0.2, 0.25) is 0 Å². The number of hydrogen-bond donors (Lipinski definition) is 1. The molecule has 1 heterocycles. The number of anilines is 1. The van der Waals surface area contributed by atoms with Crippen molar-refractivity contribution in [3.8, 4) is 11.1 Å². The molecule has 1 fully saturated rings. The fourth-order valence-electron chi connectivity index (χ4n) is 4.62. The van der Waals surface area contributed by atoms with Gasteiger partial charge in [-0.2, -0.15) is 4.31 Å². The molecule has 0 atom stereocenters. The summed E-state index contributed by atoms with van der Waals surface area (Å²) in [4.78, 5) is 14.0. The van der Waals surface area contributed by atoms with Crippen molar-refractivity contribution in [1.29, 1.82) is 0 Å². The van der Waals surface area contributed by atoms with E-state index in [0.29, 0.717) is 37.5 Å². The molecule has 0 saturated carbocycles. The van der Waals surface area contributed by atoms with Crippen LogP contribution in [-0.2, 0) is 27.7 Å². The van der Waals surface area contributed by atoms with Gasteiger partial charge in [0.2, 0.25) is 10.0 Å². The summed E-state index contributed by atoms with van der Waals surface area (Å²) in [7, 11) is -3.56. The number of hydrogen-bond acceptors (Lipinski definition) is 4. The molecule has 3 aromatic carbocycles. The molecule has 0 spiro atoms. The maximum atomic E-state index is 13.2. The number of benzene rings is 3. The lowest BCUT2D eigenvalue weighted by Crippen LogP contribution is -2.49. The van der Waals surface area contributed by atoms with E-state index in [1.807, 2.05) is 68.4 Å². The summed E-state index contributed by atoms with van der Waals surface area (Å²) in [6, 6.07) is 20.9. The lowest BCUT2D eigenvalue weighted by atomic mass is 9.92. The van der Waals surface area contributed by atoms with Gasteiger partial charge in [-0.3, -0.25) is 4.79 Å². The first kappa shape index (κ1) is 24.0. The van der Waals surface area contributed by atoms with Gasteiger partial charge in [0, 0.05) is 37.4 Å². The fourth-order valence-corrected chi connectivity index (χ4v) is 6.05. The molecule has 0 amide bonds. The molecular weight excluding hydrogens is 448 g/mol. The minimum Gasteiger partial charge on any atom is -0.481 e. The lowest BCUT2D eigenvalue weighted by molar-refractivity contribution is -0.136. The summed E-state index contributed by atoms with van der Waals surface area (Å²) in [6.45, 7) is 5.79. The number of carboxylic acid groups (broad SMARTS) is 1. The Kier molecular flexibility index (Phi) is 7.05. The highest BCUT2D eigenvalue weighted by Crippen LogP contribution is 2.37. The molecule has 178 valence electrons. The van der Waals surface area contributed by atoms with Gasteiger partial charge in [0.1, 0.15) is 0 Å². The number of carbonyl (C=O) groups is 1. The molecule has 6 nitrogen and oxygen atoms in total. The molecule has 0 unspecified atom stereocenters. The number of aliphatic carboxylic acids is 1. The Morgan fingerprint density at radius 2 is 1.56 bits per heavy atom. The second-order valence-electron chi connectivity index (χ2n) is 8.59. The normalized spacial score (nSPS) is 14.8. The largest absolute Gasteiger partial charge is 0.481 e. The van der Waals surface area contributed by atoms with E-state index in [0.717, 1.165) is 33.5 Å². The van der Waals surface area contributed by atoms with Crippen LogP contribution in [0.25, 0.3) is 11.1 Å². The molecule has 7 heteroatoms. The molecule has 0 bridgehead atoms. The SMILES string of the molecule is CCc1c(CC(=O)O)ccc(-c2ccccc2)c1N1CCN(S(=O)(=O)c2ccc(C)cc2)CC1. The molecule has 0 radical (unpaired) electrons. The van der Waals surface area contributed by atoms with Crippen molar-refractivity contribution in [3.63, 3.8) is 0 Å². The third-order valence-electron chi connectivity index (χ3n) is 6.37. The van der Waals surface area contributed by atoms with Gasteiger partial charge in [0.25, 0.3) is 0 Å². The van der Waals surface area contributed by atoms with Crippen molar-refractivity contribution in [1.82, 2.24) is 4.31 Å². The Labute approximate surface area is 201 Å². The molecule has 0 aromatic heterocycles. The summed E-state index contributed by atoms with van der Waals surface area (Å²) in [5.74, 6) is -0.859. The second kappa shape index (κ2) is 9.99. The third-order valence-corrected chi connectivity index (χ3v) is 8.29. The van der Waals surface area contributed by atoms with E-state index < -0.39 is 16.0 Å². The molecule has 0 aliphatic carbocycles. The Morgan fingerprint density at radius 3 is 2.15 bits per heavy atom. The summed E-state index contributed by atoms with van der Waals surface area (Å²) in [6.07, 6.45) is 0.660. The number of piperazine rings is 1. The van der Waals surface area contributed by atoms with Gasteiger partial charge in [-0.15, -0.1) is 0 Å². The average Bonchev–Trinajstić information content (AvgIpc) is 2.84. The predicted molar refractivity (Wildman–Crippen MR) is 135 cm³/mol. The lowest BCUT2D eigenvalue weighted by Gasteiger charge is -2.38. The summed E-state index contributed by atoms with van der Waals surface area (Å²) in [5, 5.41) is 9.44. The monoisotopic (exact) mass is 478 g/mol. The maximum absolute atomic E-state index is 13.2. The van der Waals surface area contributed by atoms with Crippen LogP contribution in [0, 0.1) is 6.92 Å². The van der Waals surface area contributed by atoms with E-state index in [9.17, 15) is 18.3 Å². The van der Waals surface area contributed by atoms with Crippen LogP contribution in [-0.4, -0.2) is 50.0 Å². The van der Waals surface area contributed by atoms with E-state index >= 15 is 0 Å². The van der Waals surface area contributed by atoms with E-state index in [4.69, 9.17) is 0 Å². The van der Waals surface area contributed by atoms with Crippen molar-refractivity contribution in [3.05, 3.63) is 83.4 Å². The molecule has 1 aliphatic heterocycles. The van der Waals surface area contributed by atoms with E-state index in [2.05, 4.69) is 4.90 Å². The van der Waals surface area contributed by atoms with E-state index in [-0.39, 0.29) is 6.42 Å². The highest BCUT2D eigenvalue weighted by molar-refractivity contribution is 7.89. The smallest absolute Gasteiger partial charge is 0.307 e. The van der Waals surface area contributed by atoms with Crippen LogP contribution in [0.3, 0.4) is 0 Å². The second-order valence-corrected chi connectivity index (χ2v) is 10.5. The van der Waals surface area contributed by atoms with Crippen LogP contribution in [0.5, 0.6) is 0 Å². The Hall–Kier alpha value is -3.16. The van der Waals surface area contributed by atoms with Crippen LogP contribution in [0.1, 0.15) is 23.6 Å². The predicted octanol–water partition coefficient (Wildman–Crippen LogP) is 4.36. The summed E-state index contributed by atoms with van der Waals surface area (Å²) in [5.41, 5.74) is 5.95. The van der Waals surface area contributed by atoms with Gasteiger partial charge in [-0.1, -0.05) is 67.1 Å². The van der Waals surface area contributed by atoms with Crippen molar-refractivity contribution < 1.29 is 18.3 Å². The minimum atomic E-state index is -3.56. The molecule has 1 saturated heterocycles. The number of sulfonamides is 1. The van der Waals surface area contributed by atoms with Crippen molar-refractivity contribution in [2.45, 2.75) is 31.6 Å². The van der Waals surface area contributed by atoms with Gasteiger partial charge in [-0.25, -0.2) is 8.42 Å². The van der Waals surface area contributed by atoms with Gasteiger partial charge in [-0.05, 0) is 42.2 Å². The van der Waals surface area contributed by atoms with E-state index in [1.54, 1.807) is 16.4 Å². The first-order valence-electron chi connectivity index (χ1n) is 11.5. The number of aryl methyl sites for hydroxylation is 1. The Bertz CT molecular complexity index is 1260. The number of carboxylic acids is 1. The Balaban J connectivity index is 1.67. The molecule has 3 aromatic rings. The molecule has 4 rings (SSSR count). The number of rotatable bonds is 7. The number of nitrogens with zero attached hydrogens (tertiary/aromatic N) is 2. The van der Waals surface area contributed by atoms with Crippen LogP contribution < -0.4 is 4.90 Å². The first-order chi connectivity index (χ1) is 16.3. The molecular formula is C27H30N2O4S. The first-order valence-corrected chi connectivity index (χ1v) is 13.0. The third kappa shape index (κ3) is 4.86. The Morgan fingerprint density at radius 1 is 0.912 bits per heavy atom. The highest BCUT2D eigenvalue weighted by atomic mass is 32.2. The zero-order chi connectivity index (χ0) is 24.3. The van der Waals surface area contributed by atoms with Crippen LogP contribution in [0.4, 0.5) is 5.69 Å². The van der Waals surface area contributed by atoms with Gasteiger partial charge in [0.05, 0.1) is 11.3 Å². The summed E-state index contributed by atoms with van der Waals surface area (Å²) < 4.78 is 27.9. The van der Waals surface area contributed by atoms with Crippen LogP contribution in [0.15, 0.2) is 71.6 Å².